The smallest absolute Gasteiger partial charge is 0.331 e. The monoisotopic (exact) mass is 296 g/mol. The van der Waals surface area contributed by atoms with E-state index in [0.717, 1.165) is 11.3 Å². The third-order valence-corrected chi connectivity index (χ3v) is 2.07. The normalized spacial score (nSPS) is 11.3. The molecule has 0 saturated carbocycles. The summed E-state index contributed by atoms with van der Waals surface area (Å²) in [5, 5.41) is 0. The van der Waals surface area contributed by atoms with Gasteiger partial charge in [0.2, 0.25) is 0 Å². The summed E-state index contributed by atoms with van der Waals surface area (Å²) in [6.07, 6.45) is 3.32. The lowest BCUT2D eigenvalue weighted by Gasteiger charge is -2.17. The average molecular weight is 296 g/mol. The lowest BCUT2D eigenvalue weighted by Crippen LogP contribution is -2.22. The number of benzene rings is 1. The second-order valence-electron chi connectivity index (χ2n) is 5.60. The van der Waals surface area contributed by atoms with Crippen molar-refractivity contribution in [3.8, 4) is 5.75 Å². The van der Waals surface area contributed by atoms with Crippen molar-refractivity contribution in [1.29, 1.82) is 0 Å². The Labute approximate surface area is 125 Å². The van der Waals surface area contributed by atoms with Gasteiger partial charge in [-0.05, 0) is 58.4 Å². The molecule has 1 atom stereocenters. The maximum atomic E-state index is 11.5. The van der Waals surface area contributed by atoms with E-state index in [-0.39, 0.29) is 22.0 Å². The number of carbonyl (C=O) groups excluding carboxylic acids is 1. The molecular weight excluding hydrogens is 271 g/mol. The van der Waals surface area contributed by atoms with Crippen LogP contribution in [0.2, 0.25) is 0 Å². The Bertz CT molecular complexity index is 442. The summed E-state index contributed by atoms with van der Waals surface area (Å²) in [7, 11) is 0. The van der Waals surface area contributed by atoms with E-state index in [9.17, 15) is 4.79 Å². The Hall–Kier alpha value is -1.34. The Morgan fingerprint density at radius 3 is 2.15 bits per heavy atom. The first-order chi connectivity index (χ1) is 8.76. The molecule has 1 aromatic rings. The van der Waals surface area contributed by atoms with Gasteiger partial charge in [-0.25, -0.2) is 4.79 Å². The number of hydrogen-bond acceptors (Lipinski definition) is 3. The molecule has 0 N–H and O–H groups in total. The van der Waals surface area contributed by atoms with E-state index in [4.69, 9.17) is 9.47 Å². The van der Waals surface area contributed by atoms with Crippen molar-refractivity contribution in [2.45, 2.75) is 46.3 Å². The Balaban J connectivity index is 0.00000361. The standard InChI is InChI=1S/C16H22O3.H3P/c1-12(2)18-14-9-6-13(7-10-14)8-11-15(17)19-16(3,4)5;/h6-12H,1-5H3;1H3/b11-8+;. The first-order valence-corrected chi connectivity index (χ1v) is 6.44. The zero-order valence-electron chi connectivity index (χ0n) is 13.0. The van der Waals surface area contributed by atoms with Gasteiger partial charge in [-0.2, -0.15) is 9.90 Å². The highest BCUT2D eigenvalue weighted by atomic mass is 31.0. The van der Waals surface area contributed by atoms with Crippen LogP contribution in [0.4, 0.5) is 0 Å². The van der Waals surface area contributed by atoms with E-state index in [2.05, 4.69) is 0 Å². The second-order valence-corrected chi connectivity index (χ2v) is 5.60. The van der Waals surface area contributed by atoms with Crippen LogP contribution in [0.3, 0.4) is 0 Å². The lowest BCUT2D eigenvalue weighted by atomic mass is 10.2. The third-order valence-electron chi connectivity index (χ3n) is 2.07. The number of hydrogen-bond donors (Lipinski definition) is 0. The van der Waals surface area contributed by atoms with Gasteiger partial charge in [0.25, 0.3) is 0 Å². The SMILES string of the molecule is CC(C)Oc1ccc(/C=C/C(=O)OC(C)(C)C)cc1.P. The van der Waals surface area contributed by atoms with E-state index < -0.39 is 5.60 Å². The molecule has 0 amide bonds. The van der Waals surface area contributed by atoms with Crippen LogP contribution in [0.5, 0.6) is 5.75 Å². The summed E-state index contributed by atoms with van der Waals surface area (Å²) in [5.41, 5.74) is 0.470. The molecule has 0 aromatic heterocycles. The van der Waals surface area contributed by atoms with Crippen LogP contribution in [0, 0.1) is 0 Å². The first kappa shape index (κ1) is 18.7. The van der Waals surface area contributed by atoms with Crippen LogP contribution in [0.1, 0.15) is 40.2 Å². The third kappa shape index (κ3) is 7.96. The van der Waals surface area contributed by atoms with Crippen molar-refractivity contribution < 1.29 is 14.3 Å². The molecule has 20 heavy (non-hydrogen) atoms. The van der Waals surface area contributed by atoms with E-state index in [1.54, 1.807) is 6.08 Å². The van der Waals surface area contributed by atoms with E-state index in [1.807, 2.05) is 58.9 Å². The summed E-state index contributed by atoms with van der Waals surface area (Å²) in [4.78, 5) is 11.5. The van der Waals surface area contributed by atoms with Gasteiger partial charge in [0, 0.05) is 6.08 Å². The Morgan fingerprint density at radius 1 is 1.15 bits per heavy atom. The summed E-state index contributed by atoms with van der Waals surface area (Å²) in [6.45, 7) is 9.50. The molecule has 0 aliphatic rings. The van der Waals surface area contributed by atoms with E-state index >= 15 is 0 Å². The average Bonchev–Trinajstić information content (AvgIpc) is 2.25. The summed E-state index contributed by atoms with van der Waals surface area (Å²) < 4.78 is 10.7. The number of ether oxygens (including phenoxy) is 2. The van der Waals surface area contributed by atoms with E-state index in [0.29, 0.717) is 0 Å². The largest absolute Gasteiger partial charge is 0.491 e. The summed E-state index contributed by atoms with van der Waals surface area (Å²) in [5.74, 6) is 0.486. The molecule has 1 aromatic carbocycles. The molecule has 0 saturated heterocycles. The van der Waals surface area contributed by atoms with Crippen molar-refractivity contribution in [3.63, 3.8) is 0 Å². The Kier molecular flexibility index (Phi) is 7.52. The van der Waals surface area contributed by atoms with Crippen molar-refractivity contribution in [2.75, 3.05) is 0 Å². The molecule has 112 valence electrons. The predicted octanol–water partition coefficient (Wildman–Crippen LogP) is 3.89. The van der Waals surface area contributed by atoms with Gasteiger partial charge in [-0.3, -0.25) is 0 Å². The highest BCUT2D eigenvalue weighted by Crippen LogP contribution is 2.15. The van der Waals surface area contributed by atoms with Gasteiger partial charge in [0.15, 0.2) is 0 Å². The van der Waals surface area contributed by atoms with Crippen molar-refractivity contribution in [3.05, 3.63) is 35.9 Å². The molecule has 0 heterocycles. The molecule has 1 rings (SSSR count). The van der Waals surface area contributed by atoms with E-state index in [1.165, 1.54) is 6.08 Å². The minimum atomic E-state index is -0.462. The number of esters is 1. The van der Waals surface area contributed by atoms with Crippen molar-refractivity contribution in [2.24, 2.45) is 0 Å². The zero-order valence-corrected chi connectivity index (χ0v) is 14.4. The van der Waals surface area contributed by atoms with Gasteiger partial charge < -0.3 is 9.47 Å². The topological polar surface area (TPSA) is 35.5 Å². The fraction of sp³-hybridized carbons (Fsp3) is 0.438. The zero-order chi connectivity index (χ0) is 14.5. The van der Waals surface area contributed by atoms with Crippen LogP contribution in [0.15, 0.2) is 30.3 Å². The second kappa shape index (κ2) is 8.06. The van der Waals surface area contributed by atoms with Crippen LogP contribution in [-0.2, 0) is 9.53 Å². The minimum Gasteiger partial charge on any atom is -0.491 e. The highest BCUT2D eigenvalue weighted by molar-refractivity contribution is 6.92. The van der Waals surface area contributed by atoms with Gasteiger partial charge in [-0.1, -0.05) is 12.1 Å². The quantitative estimate of drug-likeness (QED) is 0.480. The Morgan fingerprint density at radius 2 is 1.70 bits per heavy atom. The van der Waals surface area contributed by atoms with Crippen molar-refractivity contribution >= 4 is 21.9 Å². The molecule has 0 bridgehead atoms. The molecule has 0 fully saturated rings. The van der Waals surface area contributed by atoms with Gasteiger partial charge in [-0.15, -0.1) is 0 Å². The molecule has 0 aliphatic heterocycles. The number of carbonyl (C=O) groups is 1. The molecule has 1 unspecified atom stereocenters. The molecule has 0 spiro atoms. The van der Waals surface area contributed by atoms with Crippen LogP contribution < -0.4 is 4.74 Å². The molecule has 3 nitrogen and oxygen atoms in total. The van der Waals surface area contributed by atoms with Crippen LogP contribution in [0.25, 0.3) is 6.08 Å². The maximum Gasteiger partial charge on any atom is 0.331 e. The minimum absolute atomic E-state index is 0. The molecule has 0 radical (unpaired) electrons. The van der Waals surface area contributed by atoms with Gasteiger partial charge >= 0.3 is 5.97 Å². The van der Waals surface area contributed by atoms with Gasteiger partial charge in [0.05, 0.1) is 6.10 Å². The number of rotatable bonds is 4. The highest BCUT2D eigenvalue weighted by Gasteiger charge is 2.13. The molecule has 4 heteroatoms. The van der Waals surface area contributed by atoms with Gasteiger partial charge in [0.1, 0.15) is 11.4 Å². The lowest BCUT2D eigenvalue weighted by molar-refractivity contribution is -0.148. The molecule has 0 aliphatic carbocycles. The summed E-state index contributed by atoms with van der Waals surface area (Å²) in [6, 6.07) is 7.57. The summed E-state index contributed by atoms with van der Waals surface area (Å²) >= 11 is 0. The van der Waals surface area contributed by atoms with Crippen LogP contribution in [-0.4, -0.2) is 17.7 Å². The molecular formula is C16H25O3P. The first-order valence-electron chi connectivity index (χ1n) is 6.44. The predicted molar refractivity (Wildman–Crippen MR) is 88.2 cm³/mol. The fourth-order valence-electron chi connectivity index (χ4n) is 1.43. The van der Waals surface area contributed by atoms with Crippen molar-refractivity contribution in [1.82, 2.24) is 0 Å². The fourth-order valence-corrected chi connectivity index (χ4v) is 1.43. The van der Waals surface area contributed by atoms with Crippen LogP contribution >= 0.6 is 9.90 Å². The maximum absolute atomic E-state index is 11.5.